The predicted octanol–water partition coefficient (Wildman–Crippen LogP) is 2.74. The molecule has 0 spiro atoms. The van der Waals surface area contributed by atoms with Gasteiger partial charge in [0.2, 0.25) is 0 Å². The highest BCUT2D eigenvalue weighted by molar-refractivity contribution is 4.77. The molecule has 0 saturated heterocycles. The first-order valence-corrected chi connectivity index (χ1v) is 7.00. The van der Waals surface area contributed by atoms with Crippen LogP contribution >= 0.6 is 0 Å². The number of likely N-dealkylation sites (N-methyl/N-ethyl adjacent to an activating group) is 1. The van der Waals surface area contributed by atoms with Crippen molar-refractivity contribution in [1.82, 2.24) is 10.2 Å². The summed E-state index contributed by atoms with van der Waals surface area (Å²) in [6, 6.07) is 0.838. The molecule has 1 aliphatic rings. The van der Waals surface area contributed by atoms with Gasteiger partial charge in [0.05, 0.1) is 0 Å². The molecule has 2 atom stereocenters. The van der Waals surface area contributed by atoms with Gasteiger partial charge in [-0.1, -0.05) is 33.6 Å². The fourth-order valence-electron chi connectivity index (χ4n) is 2.63. The normalized spacial score (nSPS) is 26.6. The van der Waals surface area contributed by atoms with Crippen LogP contribution < -0.4 is 5.32 Å². The van der Waals surface area contributed by atoms with Gasteiger partial charge >= 0.3 is 0 Å². The standard InChI is InChI=1S/C14H30N2/c1-12(2)11-15-8-9-16(4)14-7-5-6-13(3)10-14/h12-15H,5-11H2,1-4H3. The first-order chi connectivity index (χ1) is 7.59. The Morgan fingerprint density at radius 1 is 1.31 bits per heavy atom. The van der Waals surface area contributed by atoms with E-state index in [0.29, 0.717) is 0 Å². The van der Waals surface area contributed by atoms with Crippen molar-refractivity contribution in [2.45, 2.75) is 52.5 Å². The van der Waals surface area contributed by atoms with Crippen LogP contribution in [0.4, 0.5) is 0 Å². The molecule has 0 bridgehead atoms. The molecular weight excluding hydrogens is 196 g/mol. The van der Waals surface area contributed by atoms with Crippen LogP contribution in [-0.2, 0) is 0 Å². The van der Waals surface area contributed by atoms with E-state index in [2.05, 4.69) is 38.0 Å². The van der Waals surface area contributed by atoms with Gasteiger partial charge in [-0.25, -0.2) is 0 Å². The van der Waals surface area contributed by atoms with Crippen molar-refractivity contribution < 1.29 is 0 Å². The Morgan fingerprint density at radius 2 is 2.06 bits per heavy atom. The molecule has 0 amide bonds. The van der Waals surface area contributed by atoms with Gasteiger partial charge in [-0.05, 0) is 38.3 Å². The molecule has 0 heterocycles. The molecule has 0 aromatic rings. The molecule has 0 radical (unpaired) electrons. The number of nitrogens with zero attached hydrogens (tertiary/aromatic N) is 1. The summed E-state index contributed by atoms with van der Waals surface area (Å²) >= 11 is 0. The fourth-order valence-corrected chi connectivity index (χ4v) is 2.63. The molecule has 1 N–H and O–H groups in total. The molecule has 1 rings (SSSR count). The minimum Gasteiger partial charge on any atom is -0.315 e. The van der Waals surface area contributed by atoms with Gasteiger partial charge in [0.1, 0.15) is 0 Å². The van der Waals surface area contributed by atoms with Crippen molar-refractivity contribution in [2.24, 2.45) is 11.8 Å². The SMILES string of the molecule is CC(C)CNCCN(C)C1CCCC(C)C1. The number of nitrogens with one attached hydrogen (secondary N) is 1. The molecule has 0 aliphatic heterocycles. The van der Waals surface area contributed by atoms with Gasteiger partial charge in [-0.2, -0.15) is 0 Å². The lowest BCUT2D eigenvalue weighted by Gasteiger charge is -2.34. The predicted molar refractivity (Wildman–Crippen MR) is 71.8 cm³/mol. The van der Waals surface area contributed by atoms with Gasteiger partial charge in [0, 0.05) is 19.1 Å². The Kier molecular flexibility index (Phi) is 6.37. The lowest BCUT2D eigenvalue weighted by atomic mass is 9.86. The average Bonchev–Trinajstić information content (AvgIpc) is 2.24. The molecule has 1 aliphatic carbocycles. The van der Waals surface area contributed by atoms with E-state index < -0.39 is 0 Å². The van der Waals surface area contributed by atoms with Crippen molar-refractivity contribution in [2.75, 3.05) is 26.7 Å². The minimum absolute atomic E-state index is 0.764. The third-order valence-corrected chi connectivity index (χ3v) is 3.73. The summed E-state index contributed by atoms with van der Waals surface area (Å²) in [5.41, 5.74) is 0. The summed E-state index contributed by atoms with van der Waals surface area (Å²) in [7, 11) is 2.29. The maximum absolute atomic E-state index is 3.52. The zero-order valence-corrected chi connectivity index (χ0v) is 11.6. The van der Waals surface area contributed by atoms with E-state index in [1.54, 1.807) is 0 Å². The maximum atomic E-state index is 3.52. The van der Waals surface area contributed by atoms with Crippen molar-refractivity contribution in [3.63, 3.8) is 0 Å². The second-order valence-corrected chi connectivity index (χ2v) is 6.00. The zero-order chi connectivity index (χ0) is 12.0. The van der Waals surface area contributed by atoms with Crippen molar-refractivity contribution >= 4 is 0 Å². The average molecular weight is 226 g/mol. The van der Waals surface area contributed by atoms with Crippen LogP contribution in [0, 0.1) is 11.8 Å². The van der Waals surface area contributed by atoms with Crippen LogP contribution in [0.5, 0.6) is 0 Å². The monoisotopic (exact) mass is 226 g/mol. The highest BCUT2D eigenvalue weighted by Crippen LogP contribution is 2.26. The lowest BCUT2D eigenvalue weighted by Crippen LogP contribution is -2.40. The van der Waals surface area contributed by atoms with E-state index in [4.69, 9.17) is 0 Å². The number of hydrogen-bond acceptors (Lipinski definition) is 2. The van der Waals surface area contributed by atoms with Crippen LogP contribution in [0.2, 0.25) is 0 Å². The second-order valence-electron chi connectivity index (χ2n) is 6.00. The molecule has 0 aromatic carbocycles. The Labute approximate surface area is 102 Å². The Hall–Kier alpha value is -0.0800. The third-order valence-electron chi connectivity index (χ3n) is 3.73. The molecule has 1 fully saturated rings. The first kappa shape index (κ1) is 14.0. The first-order valence-electron chi connectivity index (χ1n) is 7.00. The van der Waals surface area contributed by atoms with Gasteiger partial charge in [0.25, 0.3) is 0 Å². The fraction of sp³-hybridized carbons (Fsp3) is 1.00. The highest BCUT2D eigenvalue weighted by atomic mass is 15.1. The zero-order valence-electron chi connectivity index (χ0n) is 11.6. The molecule has 96 valence electrons. The van der Waals surface area contributed by atoms with E-state index in [1.165, 1.54) is 32.2 Å². The Bertz CT molecular complexity index is 180. The number of hydrogen-bond donors (Lipinski definition) is 1. The molecule has 0 aromatic heterocycles. The van der Waals surface area contributed by atoms with Crippen LogP contribution in [0.3, 0.4) is 0 Å². The third kappa shape index (κ3) is 5.31. The summed E-state index contributed by atoms with van der Waals surface area (Å²) in [6.45, 7) is 10.4. The van der Waals surface area contributed by atoms with Crippen LogP contribution in [0.15, 0.2) is 0 Å². The van der Waals surface area contributed by atoms with Gasteiger partial charge in [0.15, 0.2) is 0 Å². The highest BCUT2D eigenvalue weighted by Gasteiger charge is 2.21. The Balaban J connectivity index is 2.11. The summed E-state index contributed by atoms with van der Waals surface area (Å²) in [4.78, 5) is 2.56. The molecule has 2 unspecified atom stereocenters. The van der Waals surface area contributed by atoms with E-state index >= 15 is 0 Å². The van der Waals surface area contributed by atoms with E-state index in [-0.39, 0.29) is 0 Å². The topological polar surface area (TPSA) is 15.3 Å². The molecule has 2 heteroatoms. The molecule has 2 nitrogen and oxygen atoms in total. The summed E-state index contributed by atoms with van der Waals surface area (Å²) < 4.78 is 0. The van der Waals surface area contributed by atoms with E-state index in [9.17, 15) is 0 Å². The van der Waals surface area contributed by atoms with E-state index in [1.807, 2.05) is 0 Å². The molecular formula is C14H30N2. The molecule has 16 heavy (non-hydrogen) atoms. The largest absolute Gasteiger partial charge is 0.315 e. The van der Waals surface area contributed by atoms with Crippen molar-refractivity contribution in [3.8, 4) is 0 Å². The van der Waals surface area contributed by atoms with Crippen LogP contribution in [0.25, 0.3) is 0 Å². The minimum atomic E-state index is 0.764. The van der Waals surface area contributed by atoms with Crippen molar-refractivity contribution in [1.29, 1.82) is 0 Å². The summed E-state index contributed by atoms with van der Waals surface area (Å²) in [5.74, 6) is 1.70. The molecule has 1 saturated carbocycles. The lowest BCUT2D eigenvalue weighted by molar-refractivity contribution is 0.164. The van der Waals surface area contributed by atoms with Gasteiger partial charge in [-0.3, -0.25) is 0 Å². The van der Waals surface area contributed by atoms with E-state index in [0.717, 1.165) is 31.0 Å². The quantitative estimate of drug-likeness (QED) is 0.701. The van der Waals surface area contributed by atoms with Crippen LogP contribution in [-0.4, -0.2) is 37.6 Å². The van der Waals surface area contributed by atoms with Crippen molar-refractivity contribution in [3.05, 3.63) is 0 Å². The number of rotatable bonds is 6. The van der Waals surface area contributed by atoms with Gasteiger partial charge < -0.3 is 10.2 Å². The maximum Gasteiger partial charge on any atom is 0.0107 e. The summed E-state index contributed by atoms with van der Waals surface area (Å²) in [5, 5.41) is 3.52. The summed E-state index contributed by atoms with van der Waals surface area (Å²) in [6.07, 6.45) is 5.68. The smallest absolute Gasteiger partial charge is 0.0107 e. The van der Waals surface area contributed by atoms with Gasteiger partial charge in [-0.15, -0.1) is 0 Å². The van der Waals surface area contributed by atoms with Crippen LogP contribution in [0.1, 0.15) is 46.5 Å². The Morgan fingerprint density at radius 3 is 2.69 bits per heavy atom. The second kappa shape index (κ2) is 7.29.